The molecule has 0 unspecified atom stereocenters. The normalized spacial score (nSPS) is 10.6. The molecule has 0 saturated carbocycles. The quantitative estimate of drug-likeness (QED) is 0.680. The molecule has 0 spiro atoms. The topological polar surface area (TPSA) is 65.4 Å². The molecule has 3 rings (SSSR count). The number of nitrogens with one attached hydrogen (secondary N) is 1. The molecule has 28 heavy (non-hydrogen) atoms. The molecule has 1 heterocycles. The Balaban J connectivity index is 1.65. The summed E-state index contributed by atoms with van der Waals surface area (Å²) in [6, 6.07) is 13.6. The highest BCUT2D eigenvalue weighted by Crippen LogP contribution is 2.27. The van der Waals surface area contributed by atoms with Crippen LogP contribution in [0.15, 0.2) is 48.5 Å². The Morgan fingerprint density at radius 2 is 1.86 bits per heavy atom. The Labute approximate surface area is 162 Å². The van der Waals surface area contributed by atoms with Crippen molar-refractivity contribution in [1.29, 1.82) is 0 Å². The van der Waals surface area contributed by atoms with Crippen LogP contribution in [0.4, 0.5) is 4.39 Å². The first kappa shape index (κ1) is 19.4. The van der Waals surface area contributed by atoms with Gasteiger partial charge >= 0.3 is 0 Å². The van der Waals surface area contributed by atoms with Crippen molar-refractivity contribution in [3.05, 3.63) is 71.3 Å². The third-order valence-corrected chi connectivity index (χ3v) is 4.35. The zero-order valence-corrected chi connectivity index (χ0v) is 16.0. The van der Waals surface area contributed by atoms with E-state index >= 15 is 0 Å². The summed E-state index contributed by atoms with van der Waals surface area (Å²) in [4.78, 5) is 12.4. The zero-order valence-electron chi connectivity index (χ0n) is 16.0. The highest BCUT2D eigenvalue weighted by molar-refractivity contribution is 5.92. The van der Waals surface area contributed by atoms with Crippen LogP contribution in [0.2, 0.25) is 0 Å². The lowest BCUT2D eigenvalue weighted by Crippen LogP contribution is -2.26. The number of carbonyl (C=O) groups is 1. The first-order chi connectivity index (χ1) is 13.5. The van der Waals surface area contributed by atoms with Gasteiger partial charge in [0.15, 0.2) is 17.2 Å². The van der Waals surface area contributed by atoms with Crippen LogP contribution in [-0.4, -0.2) is 36.5 Å². The van der Waals surface area contributed by atoms with Crippen molar-refractivity contribution in [3.8, 4) is 17.2 Å². The molecular weight excluding hydrogens is 361 g/mol. The predicted molar refractivity (Wildman–Crippen MR) is 104 cm³/mol. The molecule has 0 atom stereocenters. The minimum Gasteiger partial charge on any atom is -0.493 e. The number of benzene rings is 2. The largest absolute Gasteiger partial charge is 0.493 e. The molecule has 3 aromatic rings. The standard InChI is InChI=1S/C21H22FN3O3/c1-14-12-17(24-25(14)18-7-5-4-6-16(18)22)21(26)23-11-10-15-8-9-19(27-2)20(13-15)28-3/h4-9,12-13H,10-11H2,1-3H3,(H,23,26). The van der Waals surface area contributed by atoms with E-state index < -0.39 is 5.82 Å². The van der Waals surface area contributed by atoms with E-state index in [9.17, 15) is 9.18 Å². The summed E-state index contributed by atoms with van der Waals surface area (Å²) in [6.07, 6.45) is 0.624. The number of hydrogen-bond acceptors (Lipinski definition) is 4. The van der Waals surface area contributed by atoms with Gasteiger partial charge in [0, 0.05) is 12.2 Å². The summed E-state index contributed by atoms with van der Waals surface area (Å²) in [5.74, 6) is 0.600. The van der Waals surface area contributed by atoms with E-state index in [4.69, 9.17) is 9.47 Å². The van der Waals surface area contributed by atoms with Crippen molar-refractivity contribution in [2.75, 3.05) is 20.8 Å². The van der Waals surface area contributed by atoms with Crippen molar-refractivity contribution < 1.29 is 18.7 Å². The molecule has 6 nitrogen and oxygen atoms in total. The number of methoxy groups -OCH3 is 2. The van der Waals surface area contributed by atoms with Crippen molar-refractivity contribution >= 4 is 5.91 Å². The number of para-hydroxylation sites is 1. The lowest BCUT2D eigenvalue weighted by atomic mass is 10.1. The van der Waals surface area contributed by atoms with E-state index in [1.54, 1.807) is 45.4 Å². The number of nitrogens with zero attached hydrogens (tertiary/aromatic N) is 2. The minimum atomic E-state index is -0.394. The molecule has 1 amide bonds. The maximum Gasteiger partial charge on any atom is 0.271 e. The first-order valence-electron chi connectivity index (χ1n) is 8.84. The van der Waals surface area contributed by atoms with Gasteiger partial charge in [-0.15, -0.1) is 0 Å². The van der Waals surface area contributed by atoms with Gasteiger partial charge in [0.1, 0.15) is 11.5 Å². The monoisotopic (exact) mass is 383 g/mol. The summed E-state index contributed by atoms with van der Waals surface area (Å²) in [7, 11) is 3.16. The van der Waals surface area contributed by atoms with Crippen LogP contribution in [0, 0.1) is 12.7 Å². The Kier molecular flexibility index (Phi) is 5.93. The van der Waals surface area contributed by atoms with Crippen molar-refractivity contribution in [3.63, 3.8) is 0 Å². The molecular formula is C21H22FN3O3. The molecule has 0 aliphatic carbocycles. The van der Waals surface area contributed by atoms with E-state index in [1.165, 1.54) is 10.7 Å². The van der Waals surface area contributed by atoms with Crippen molar-refractivity contribution in [2.45, 2.75) is 13.3 Å². The second-order valence-corrected chi connectivity index (χ2v) is 6.23. The van der Waals surface area contributed by atoms with Gasteiger partial charge in [0.25, 0.3) is 5.91 Å². The number of halogens is 1. The van der Waals surface area contributed by atoms with Crippen LogP contribution >= 0.6 is 0 Å². The Morgan fingerprint density at radius 1 is 1.11 bits per heavy atom. The van der Waals surface area contributed by atoms with Gasteiger partial charge in [-0.2, -0.15) is 5.10 Å². The van der Waals surface area contributed by atoms with Crippen LogP contribution in [0.1, 0.15) is 21.7 Å². The zero-order chi connectivity index (χ0) is 20.1. The van der Waals surface area contributed by atoms with Crippen LogP contribution in [0.3, 0.4) is 0 Å². The van der Waals surface area contributed by atoms with Crippen molar-refractivity contribution in [1.82, 2.24) is 15.1 Å². The van der Waals surface area contributed by atoms with Crippen LogP contribution in [0.5, 0.6) is 11.5 Å². The van der Waals surface area contributed by atoms with Crippen LogP contribution in [-0.2, 0) is 6.42 Å². The third-order valence-electron chi connectivity index (χ3n) is 4.35. The van der Waals surface area contributed by atoms with Gasteiger partial charge in [0.05, 0.1) is 14.2 Å². The van der Waals surface area contributed by atoms with E-state index in [2.05, 4.69) is 10.4 Å². The summed E-state index contributed by atoms with van der Waals surface area (Å²) < 4.78 is 25.9. The number of rotatable bonds is 7. The highest BCUT2D eigenvalue weighted by Gasteiger charge is 2.15. The summed E-state index contributed by atoms with van der Waals surface area (Å²) in [5.41, 5.74) is 2.23. The first-order valence-corrected chi connectivity index (χ1v) is 8.84. The lowest BCUT2D eigenvalue weighted by Gasteiger charge is -2.10. The van der Waals surface area contributed by atoms with Gasteiger partial charge in [-0.1, -0.05) is 18.2 Å². The van der Waals surface area contributed by atoms with E-state index in [0.29, 0.717) is 35.8 Å². The van der Waals surface area contributed by atoms with E-state index in [0.717, 1.165) is 5.56 Å². The fourth-order valence-electron chi connectivity index (χ4n) is 2.90. The van der Waals surface area contributed by atoms with Crippen molar-refractivity contribution in [2.24, 2.45) is 0 Å². The minimum absolute atomic E-state index is 0.244. The number of aryl methyl sites for hydroxylation is 1. The molecule has 146 valence electrons. The van der Waals surface area contributed by atoms with Gasteiger partial charge in [0.2, 0.25) is 0 Å². The number of carbonyl (C=O) groups excluding carboxylic acids is 1. The molecule has 0 bridgehead atoms. The highest BCUT2D eigenvalue weighted by atomic mass is 19.1. The smallest absolute Gasteiger partial charge is 0.271 e. The maximum absolute atomic E-state index is 14.0. The predicted octanol–water partition coefficient (Wildman–Crippen LogP) is 3.31. The molecule has 7 heteroatoms. The Bertz CT molecular complexity index is 985. The van der Waals surface area contributed by atoms with Gasteiger partial charge in [-0.3, -0.25) is 4.79 Å². The van der Waals surface area contributed by atoms with E-state index in [1.807, 2.05) is 18.2 Å². The number of amides is 1. The number of hydrogen-bond donors (Lipinski definition) is 1. The molecule has 2 aromatic carbocycles. The summed E-state index contributed by atoms with van der Waals surface area (Å²) in [5, 5.41) is 7.08. The SMILES string of the molecule is COc1ccc(CCNC(=O)c2cc(C)n(-c3ccccc3F)n2)cc1OC. The molecule has 0 radical (unpaired) electrons. The van der Waals surface area contributed by atoms with Crippen LogP contribution in [0.25, 0.3) is 5.69 Å². The average molecular weight is 383 g/mol. The Hall–Kier alpha value is -3.35. The molecule has 0 saturated heterocycles. The molecule has 0 aliphatic rings. The summed E-state index contributed by atoms with van der Waals surface area (Å²) in [6.45, 7) is 2.21. The second-order valence-electron chi connectivity index (χ2n) is 6.23. The molecule has 1 aromatic heterocycles. The fourth-order valence-corrected chi connectivity index (χ4v) is 2.90. The molecule has 0 fully saturated rings. The lowest BCUT2D eigenvalue weighted by molar-refractivity contribution is 0.0948. The summed E-state index contributed by atoms with van der Waals surface area (Å²) >= 11 is 0. The van der Waals surface area contributed by atoms with Gasteiger partial charge < -0.3 is 14.8 Å². The maximum atomic E-state index is 14.0. The van der Waals surface area contributed by atoms with Crippen LogP contribution < -0.4 is 14.8 Å². The van der Waals surface area contributed by atoms with Gasteiger partial charge in [-0.25, -0.2) is 9.07 Å². The molecule has 0 aliphatic heterocycles. The third kappa shape index (κ3) is 4.14. The average Bonchev–Trinajstić information content (AvgIpc) is 3.09. The van der Waals surface area contributed by atoms with E-state index in [-0.39, 0.29) is 11.6 Å². The number of ether oxygens (including phenoxy) is 2. The fraction of sp³-hybridized carbons (Fsp3) is 0.238. The van der Waals surface area contributed by atoms with Gasteiger partial charge in [-0.05, 0) is 49.2 Å². The molecule has 1 N–H and O–H groups in total. The Morgan fingerprint density at radius 3 is 2.57 bits per heavy atom. The number of aromatic nitrogens is 2. The second kappa shape index (κ2) is 8.56.